The van der Waals surface area contributed by atoms with Crippen molar-refractivity contribution in [3.05, 3.63) is 0 Å². The molecule has 0 radical (unpaired) electrons. The standard InChI is InChI=1S/C17H31N3O3/c1-14(21)12-18-6-8-19(9-7-18)13-17(22)20-10-11-23-16-5-3-2-4-15(16)20/h14-16,21H,2-13H2,1H3/t14-,15+,16+/m0/s1. The quantitative estimate of drug-likeness (QED) is 0.798. The maximum atomic E-state index is 12.8. The zero-order valence-electron chi connectivity index (χ0n) is 14.3. The number of fused-ring (bicyclic) bond motifs is 1. The third kappa shape index (κ3) is 4.44. The highest BCUT2D eigenvalue weighted by Crippen LogP contribution is 2.28. The third-order valence-electron chi connectivity index (χ3n) is 5.40. The Labute approximate surface area is 139 Å². The molecule has 3 atom stereocenters. The van der Waals surface area contributed by atoms with Gasteiger partial charge >= 0.3 is 0 Å². The van der Waals surface area contributed by atoms with E-state index in [1.54, 1.807) is 0 Å². The van der Waals surface area contributed by atoms with Crippen molar-refractivity contribution < 1.29 is 14.6 Å². The Bertz CT molecular complexity index is 395. The number of amides is 1. The van der Waals surface area contributed by atoms with Gasteiger partial charge in [-0.05, 0) is 19.8 Å². The van der Waals surface area contributed by atoms with Crippen LogP contribution in [0.3, 0.4) is 0 Å². The molecule has 0 spiro atoms. The number of carbonyl (C=O) groups excluding carboxylic acids is 1. The van der Waals surface area contributed by atoms with E-state index >= 15 is 0 Å². The maximum Gasteiger partial charge on any atom is 0.237 e. The summed E-state index contributed by atoms with van der Waals surface area (Å²) >= 11 is 0. The first-order chi connectivity index (χ1) is 11.1. The lowest BCUT2D eigenvalue weighted by Crippen LogP contribution is -2.58. The summed E-state index contributed by atoms with van der Waals surface area (Å²) in [6.07, 6.45) is 4.63. The van der Waals surface area contributed by atoms with Crippen molar-refractivity contribution >= 4 is 5.91 Å². The third-order valence-corrected chi connectivity index (χ3v) is 5.40. The van der Waals surface area contributed by atoms with E-state index in [1.807, 2.05) is 6.92 Å². The Hall–Kier alpha value is -0.690. The number of rotatable bonds is 4. The average molecular weight is 325 g/mol. The van der Waals surface area contributed by atoms with Crippen molar-refractivity contribution in [2.24, 2.45) is 0 Å². The van der Waals surface area contributed by atoms with Crippen molar-refractivity contribution in [2.75, 3.05) is 52.4 Å². The van der Waals surface area contributed by atoms with Gasteiger partial charge in [-0.2, -0.15) is 0 Å². The number of morpholine rings is 1. The van der Waals surface area contributed by atoms with Crippen LogP contribution in [-0.2, 0) is 9.53 Å². The number of nitrogens with zero attached hydrogens (tertiary/aromatic N) is 3. The van der Waals surface area contributed by atoms with Crippen molar-refractivity contribution in [3.8, 4) is 0 Å². The molecule has 2 aliphatic heterocycles. The topological polar surface area (TPSA) is 56.2 Å². The van der Waals surface area contributed by atoms with Crippen LogP contribution in [0.4, 0.5) is 0 Å². The number of piperazine rings is 1. The molecule has 3 aliphatic rings. The Balaban J connectivity index is 1.47. The van der Waals surface area contributed by atoms with E-state index in [2.05, 4.69) is 14.7 Å². The van der Waals surface area contributed by atoms with Gasteiger partial charge in [0.2, 0.25) is 5.91 Å². The summed E-state index contributed by atoms with van der Waals surface area (Å²) in [5.41, 5.74) is 0. The number of β-amino-alcohol motifs (C(OH)–C–C–N with tert-alkyl or cyclic N) is 1. The Morgan fingerprint density at radius 2 is 1.83 bits per heavy atom. The molecular weight excluding hydrogens is 294 g/mol. The molecule has 2 heterocycles. The smallest absolute Gasteiger partial charge is 0.237 e. The normalized spacial score (nSPS) is 31.7. The fraction of sp³-hybridized carbons (Fsp3) is 0.941. The number of aliphatic hydroxyl groups excluding tert-OH is 1. The largest absolute Gasteiger partial charge is 0.392 e. The summed E-state index contributed by atoms with van der Waals surface area (Å²) in [7, 11) is 0. The second-order valence-corrected chi connectivity index (χ2v) is 7.27. The molecule has 1 N–H and O–H groups in total. The van der Waals surface area contributed by atoms with Crippen LogP contribution in [0.5, 0.6) is 0 Å². The molecule has 6 nitrogen and oxygen atoms in total. The van der Waals surface area contributed by atoms with Crippen LogP contribution in [0.15, 0.2) is 0 Å². The SMILES string of the molecule is C[C@H](O)CN1CCN(CC(=O)N2CCO[C@@H]3CCCC[C@H]32)CC1. The summed E-state index contributed by atoms with van der Waals surface area (Å²) in [5, 5.41) is 9.47. The first-order valence-corrected chi connectivity index (χ1v) is 9.17. The lowest BCUT2D eigenvalue weighted by molar-refractivity contribution is -0.151. The monoisotopic (exact) mass is 325 g/mol. The second kappa shape index (κ2) is 7.92. The minimum absolute atomic E-state index is 0.268. The first-order valence-electron chi connectivity index (χ1n) is 9.17. The van der Waals surface area contributed by atoms with Crippen molar-refractivity contribution in [1.29, 1.82) is 0 Å². The number of ether oxygens (including phenoxy) is 1. The molecular formula is C17H31N3O3. The second-order valence-electron chi connectivity index (χ2n) is 7.27. The van der Waals surface area contributed by atoms with E-state index in [0.29, 0.717) is 19.2 Å². The van der Waals surface area contributed by atoms with Crippen LogP contribution in [-0.4, -0.2) is 96.4 Å². The van der Waals surface area contributed by atoms with Gasteiger partial charge in [0.1, 0.15) is 0 Å². The zero-order chi connectivity index (χ0) is 16.2. The number of hydrogen-bond donors (Lipinski definition) is 1. The van der Waals surface area contributed by atoms with Crippen LogP contribution < -0.4 is 0 Å². The molecule has 3 rings (SSSR count). The van der Waals surface area contributed by atoms with Gasteiger partial charge in [-0.15, -0.1) is 0 Å². The molecule has 6 heteroatoms. The van der Waals surface area contributed by atoms with Gasteiger partial charge in [0.05, 0.1) is 31.4 Å². The van der Waals surface area contributed by atoms with E-state index < -0.39 is 0 Å². The number of hydrogen-bond acceptors (Lipinski definition) is 5. The molecule has 23 heavy (non-hydrogen) atoms. The molecule has 0 aromatic heterocycles. The van der Waals surface area contributed by atoms with E-state index in [0.717, 1.165) is 52.1 Å². The summed E-state index contributed by atoms with van der Waals surface area (Å²) in [6, 6.07) is 0.307. The fourth-order valence-corrected chi connectivity index (χ4v) is 4.19. The highest BCUT2D eigenvalue weighted by Gasteiger charge is 2.37. The Morgan fingerprint density at radius 1 is 1.13 bits per heavy atom. The molecule has 3 fully saturated rings. The zero-order valence-corrected chi connectivity index (χ0v) is 14.3. The molecule has 2 saturated heterocycles. The predicted octanol–water partition coefficient (Wildman–Crippen LogP) is 0.155. The van der Waals surface area contributed by atoms with Gasteiger partial charge in [-0.25, -0.2) is 0 Å². The van der Waals surface area contributed by atoms with Crippen LogP contribution in [0.25, 0.3) is 0 Å². The lowest BCUT2D eigenvalue weighted by atomic mass is 9.90. The summed E-state index contributed by atoms with van der Waals surface area (Å²) in [6.45, 7) is 8.24. The van der Waals surface area contributed by atoms with Crippen molar-refractivity contribution in [3.63, 3.8) is 0 Å². The van der Waals surface area contributed by atoms with Crippen molar-refractivity contribution in [2.45, 2.75) is 50.9 Å². The highest BCUT2D eigenvalue weighted by atomic mass is 16.5. The Morgan fingerprint density at radius 3 is 2.57 bits per heavy atom. The van der Waals surface area contributed by atoms with E-state index in [-0.39, 0.29) is 18.1 Å². The van der Waals surface area contributed by atoms with E-state index in [1.165, 1.54) is 12.8 Å². The van der Waals surface area contributed by atoms with E-state index in [4.69, 9.17) is 4.74 Å². The van der Waals surface area contributed by atoms with Crippen molar-refractivity contribution in [1.82, 2.24) is 14.7 Å². The molecule has 0 bridgehead atoms. The van der Waals surface area contributed by atoms with Gasteiger partial charge in [0.25, 0.3) is 0 Å². The first kappa shape index (κ1) is 17.1. The van der Waals surface area contributed by atoms with Crippen LogP contribution in [0.1, 0.15) is 32.6 Å². The molecule has 0 aromatic rings. The minimum Gasteiger partial charge on any atom is -0.392 e. The molecule has 1 aliphatic carbocycles. The molecule has 0 aromatic carbocycles. The molecule has 1 saturated carbocycles. The highest BCUT2D eigenvalue weighted by molar-refractivity contribution is 5.78. The maximum absolute atomic E-state index is 12.8. The van der Waals surface area contributed by atoms with Gasteiger partial charge < -0.3 is 14.7 Å². The molecule has 1 amide bonds. The van der Waals surface area contributed by atoms with Gasteiger partial charge in [0, 0.05) is 39.3 Å². The van der Waals surface area contributed by atoms with Gasteiger partial charge in [-0.1, -0.05) is 12.8 Å². The predicted molar refractivity (Wildman–Crippen MR) is 88.3 cm³/mol. The number of carbonyl (C=O) groups is 1. The van der Waals surface area contributed by atoms with E-state index in [9.17, 15) is 9.90 Å². The fourth-order valence-electron chi connectivity index (χ4n) is 4.19. The minimum atomic E-state index is -0.278. The molecule has 132 valence electrons. The van der Waals surface area contributed by atoms with Crippen LogP contribution >= 0.6 is 0 Å². The van der Waals surface area contributed by atoms with Crippen LogP contribution in [0.2, 0.25) is 0 Å². The van der Waals surface area contributed by atoms with Gasteiger partial charge in [0.15, 0.2) is 0 Å². The van der Waals surface area contributed by atoms with Gasteiger partial charge in [-0.3, -0.25) is 14.6 Å². The summed E-state index contributed by atoms with van der Waals surface area (Å²) < 4.78 is 5.87. The average Bonchev–Trinajstić information content (AvgIpc) is 2.55. The molecule has 0 unspecified atom stereocenters. The van der Waals surface area contributed by atoms with Crippen LogP contribution in [0, 0.1) is 0 Å². The number of aliphatic hydroxyl groups is 1. The summed E-state index contributed by atoms with van der Waals surface area (Å²) in [4.78, 5) is 19.4. The Kier molecular flexibility index (Phi) is 5.91. The lowest BCUT2D eigenvalue weighted by Gasteiger charge is -2.44. The summed E-state index contributed by atoms with van der Waals surface area (Å²) in [5.74, 6) is 0.272.